The predicted molar refractivity (Wildman–Crippen MR) is 73.0 cm³/mol. The van der Waals surface area contributed by atoms with Crippen molar-refractivity contribution < 1.29 is 19.0 Å². The average molecular weight is 281 g/mol. The van der Waals surface area contributed by atoms with Crippen molar-refractivity contribution in [2.75, 3.05) is 19.7 Å². The lowest BCUT2D eigenvalue weighted by molar-refractivity contribution is -0.145. The Morgan fingerprint density at radius 3 is 2.80 bits per heavy atom. The highest BCUT2D eigenvalue weighted by Crippen LogP contribution is 2.18. The number of carbonyl (C=O) groups is 1. The molecule has 0 aliphatic carbocycles. The largest absolute Gasteiger partial charge is 0.480 e. The van der Waals surface area contributed by atoms with Gasteiger partial charge in [-0.05, 0) is 43.0 Å². The number of ether oxygens (including phenoxy) is 1. The second-order valence-corrected chi connectivity index (χ2v) is 5.25. The maximum absolute atomic E-state index is 13.2. The van der Waals surface area contributed by atoms with Crippen LogP contribution in [0.25, 0.3) is 0 Å². The highest BCUT2D eigenvalue weighted by molar-refractivity contribution is 5.68. The van der Waals surface area contributed by atoms with Crippen LogP contribution in [0.15, 0.2) is 18.2 Å². The van der Waals surface area contributed by atoms with Gasteiger partial charge in [0.2, 0.25) is 0 Å². The van der Waals surface area contributed by atoms with Crippen LogP contribution in [0.3, 0.4) is 0 Å². The number of nitrogens with zero attached hydrogens (tertiary/aromatic N) is 1. The third-order valence-corrected chi connectivity index (χ3v) is 3.68. The molecule has 0 radical (unpaired) electrons. The van der Waals surface area contributed by atoms with Gasteiger partial charge in [0.15, 0.2) is 0 Å². The molecule has 0 atom stereocenters. The van der Waals surface area contributed by atoms with E-state index in [1.165, 1.54) is 6.07 Å². The Morgan fingerprint density at radius 2 is 2.15 bits per heavy atom. The molecule has 4 nitrogen and oxygen atoms in total. The minimum absolute atomic E-state index is 0.0240. The van der Waals surface area contributed by atoms with Crippen molar-refractivity contribution in [3.05, 3.63) is 35.1 Å². The molecule has 0 amide bonds. The standard InChI is InChI=1S/C15H20FNO3/c1-11-2-3-13(16)8-12(11)9-17-6-4-14(5-7-17)20-10-15(18)19/h2-3,8,14H,4-7,9-10H2,1H3,(H,18,19). The fourth-order valence-electron chi connectivity index (χ4n) is 2.47. The molecule has 5 heteroatoms. The van der Waals surface area contributed by atoms with Crippen LogP contribution in [-0.2, 0) is 16.1 Å². The smallest absolute Gasteiger partial charge is 0.329 e. The van der Waals surface area contributed by atoms with Crippen LogP contribution >= 0.6 is 0 Å². The number of aliphatic carboxylic acids is 1. The summed E-state index contributed by atoms with van der Waals surface area (Å²) >= 11 is 0. The Bertz CT molecular complexity index is 470. The summed E-state index contributed by atoms with van der Waals surface area (Å²) in [6.45, 7) is 4.18. The molecular formula is C15H20FNO3. The quantitative estimate of drug-likeness (QED) is 0.899. The molecule has 1 heterocycles. The average Bonchev–Trinajstić information content (AvgIpc) is 2.42. The third kappa shape index (κ3) is 4.28. The summed E-state index contributed by atoms with van der Waals surface area (Å²) in [6, 6.07) is 4.86. The maximum atomic E-state index is 13.2. The van der Waals surface area contributed by atoms with Gasteiger partial charge in [-0.25, -0.2) is 9.18 Å². The lowest BCUT2D eigenvalue weighted by atomic mass is 10.0. The molecule has 1 saturated heterocycles. The summed E-state index contributed by atoms with van der Waals surface area (Å²) in [4.78, 5) is 12.7. The first-order chi connectivity index (χ1) is 9.54. The van der Waals surface area contributed by atoms with E-state index in [1.807, 2.05) is 6.92 Å². The van der Waals surface area contributed by atoms with Crippen LogP contribution in [0.5, 0.6) is 0 Å². The lowest BCUT2D eigenvalue weighted by Gasteiger charge is -2.31. The van der Waals surface area contributed by atoms with Gasteiger partial charge in [-0.2, -0.15) is 0 Å². The molecule has 0 aromatic heterocycles. The van der Waals surface area contributed by atoms with Gasteiger partial charge in [0.1, 0.15) is 12.4 Å². The van der Waals surface area contributed by atoms with Crippen molar-refractivity contribution in [3.8, 4) is 0 Å². The molecule has 1 aliphatic rings. The normalized spacial score (nSPS) is 17.3. The minimum atomic E-state index is -0.928. The number of likely N-dealkylation sites (tertiary alicyclic amines) is 1. The van der Waals surface area contributed by atoms with Crippen molar-refractivity contribution in [2.45, 2.75) is 32.4 Å². The molecule has 1 fully saturated rings. The van der Waals surface area contributed by atoms with Crippen molar-refractivity contribution in [1.82, 2.24) is 4.90 Å². The van der Waals surface area contributed by atoms with E-state index in [9.17, 15) is 9.18 Å². The Kier molecular flexibility index (Phi) is 5.09. The highest BCUT2D eigenvalue weighted by Gasteiger charge is 2.20. The molecule has 2 rings (SSSR count). The van der Waals surface area contributed by atoms with E-state index in [0.29, 0.717) is 0 Å². The Balaban J connectivity index is 1.82. The van der Waals surface area contributed by atoms with E-state index in [1.54, 1.807) is 12.1 Å². The van der Waals surface area contributed by atoms with Gasteiger partial charge in [0.25, 0.3) is 0 Å². The summed E-state index contributed by atoms with van der Waals surface area (Å²) in [5, 5.41) is 8.58. The summed E-state index contributed by atoms with van der Waals surface area (Å²) in [5.74, 6) is -1.13. The molecule has 110 valence electrons. The fraction of sp³-hybridized carbons (Fsp3) is 0.533. The highest BCUT2D eigenvalue weighted by atomic mass is 19.1. The van der Waals surface area contributed by atoms with Crippen molar-refractivity contribution >= 4 is 5.97 Å². The lowest BCUT2D eigenvalue weighted by Crippen LogP contribution is -2.37. The number of halogens is 1. The summed E-state index contributed by atoms with van der Waals surface area (Å²) in [7, 11) is 0. The molecule has 20 heavy (non-hydrogen) atoms. The SMILES string of the molecule is Cc1ccc(F)cc1CN1CCC(OCC(=O)O)CC1. The van der Waals surface area contributed by atoms with Gasteiger partial charge >= 0.3 is 5.97 Å². The first-order valence-corrected chi connectivity index (χ1v) is 6.85. The fourth-order valence-corrected chi connectivity index (χ4v) is 2.47. The number of carboxylic acids is 1. The van der Waals surface area contributed by atoms with E-state index < -0.39 is 5.97 Å². The van der Waals surface area contributed by atoms with Crippen LogP contribution < -0.4 is 0 Å². The van der Waals surface area contributed by atoms with Gasteiger partial charge in [0.05, 0.1) is 6.10 Å². The zero-order valence-corrected chi connectivity index (χ0v) is 11.6. The van der Waals surface area contributed by atoms with E-state index >= 15 is 0 Å². The van der Waals surface area contributed by atoms with E-state index in [0.717, 1.165) is 43.6 Å². The molecule has 1 aliphatic heterocycles. The summed E-state index contributed by atoms with van der Waals surface area (Å²) in [5.41, 5.74) is 2.10. The minimum Gasteiger partial charge on any atom is -0.480 e. The van der Waals surface area contributed by atoms with Crippen molar-refractivity contribution in [1.29, 1.82) is 0 Å². The predicted octanol–water partition coefficient (Wildman–Crippen LogP) is 2.20. The molecule has 1 aromatic carbocycles. The van der Waals surface area contributed by atoms with Crippen LogP contribution in [0.2, 0.25) is 0 Å². The topological polar surface area (TPSA) is 49.8 Å². The third-order valence-electron chi connectivity index (χ3n) is 3.68. The second-order valence-electron chi connectivity index (χ2n) is 5.25. The molecule has 1 N–H and O–H groups in total. The Morgan fingerprint density at radius 1 is 1.45 bits per heavy atom. The van der Waals surface area contributed by atoms with Gasteiger partial charge in [0, 0.05) is 19.6 Å². The van der Waals surface area contributed by atoms with Crippen LogP contribution in [0, 0.1) is 12.7 Å². The van der Waals surface area contributed by atoms with E-state index in [2.05, 4.69) is 4.90 Å². The summed E-state index contributed by atoms with van der Waals surface area (Å²) in [6.07, 6.45) is 1.67. The molecule has 0 bridgehead atoms. The second kappa shape index (κ2) is 6.81. The van der Waals surface area contributed by atoms with E-state index in [-0.39, 0.29) is 18.5 Å². The zero-order valence-electron chi connectivity index (χ0n) is 11.6. The monoisotopic (exact) mass is 281 g/mol. The number of hydrogen-bond acceptors (Lipinski definition) is 3. The number of benzene rings is 1. The number of carboxylic acid groups (broad SMARTS) is 1. The first kappa shape index (κ1) is 14.9. The van der Waals surface area contributed by atoms with Crippen molar-refractivity contribution in [3.63, 3.8) is 0 Å². The Hall–Kier alpha value is -1.46. The Labute approximate surface area is 118 Å². The molecule has 1 aromatic rings. The van der Waals surface area contributed by atoms with Gasteiger partial charge in [-0.15, -0.1) is 0 Å². The maximum Gasteiger partial charge on any atom is 0.329 e. The zero-order chi connectivity index (χ0) is 14.5. The van der Waals surface area contributed by atoms with Gasteiger partial charge < -0.3 is 9.84 Å². The summed E-state index contributed by atoms with van der Waals surface area (Å²) < 4.78 is 18.5. The first-order valence-electron chi connectivity index (χ1n) is 6.85. The van der Waals surface area contributed by atoms with Gasteiger partial charge in [-0.3, -0.25) is 4.90 Å². The van der Waals surface area contributed by atoms with Crippen LogP contribution in [0.4, 0.5) is 4.39 Å². The number of rotatable bonds is 5. The molecule has 0 saturated carbocycles. The number of aryl methyl sites for hydroxylation is 1. The molecule has 0 spiro atoms. The number of piperidine rings is 1. The van der Waals surface area contributed by atoms with Crippen LogP contribution in [-0.4, -0.2) is 41.8 Å². The molecule has 0 unspecified atom stereocenters. The number of hydrogen-bond donors (Lipinski definition) is 1. The molecular weight excluding hydrogens is 261 g/mol. The van der Waals surface area contributed by atoms with Crippen molar-refractivity contribution in [2.24, 2.45) is 0 Å². The van der Waals surface area contributed by atoms with Gasteiger partial charge in [-0.1, -0.05) is 6.07 Å². The van der Waals surface area contributed by atoms with Crippen LogP contribution in [0.1, 0.15) is 24.0 Å². The van der Waals surface area contributed by atoms with E-state index in [4.69, 9.17) is 9.84 Å².